The first-order valence-corrected chi connectivity index (χ1v) is 11.5. The highest BCUT2D eigenvalue weighted by Gasteiger charge is 2.30. The van der Waals surface area contributed by atoms with E-state index < -0.39 is 33.7 Å². The van der Waals surface area contributed by atoms with Gasteiger partial charge in [-0.05, 0) is 55.7 Å². The molecule has 0 aliphatic heterocycles. The van der Waals surface area contributed by atoms with Crippen molar-refractivity contribution in [3.63, 3.8) is 0 Å². The number of hydrogen-bond donors (Lipinski definition) is 2. The van der Waals surface area contributed by atoms with Crippen molar-refractivity contribution in [1.29, 1.82) is 0 Å². The lowest BCUT2D eigenvalue weighted by atomic mass is 10.0. The number of sulfonamides is 1. The van der Waals surface area contributed by atoms with Gasteiger partial charge in [0.1, 0.15) is 0 Å². The lowest BCUT2D eigenvalue weighted by molar-refractivity contribution is -0.137. The molecule has 170 valence electrons. The number of rotatable bonds is 5. The van der Waals surface area contributed by atoms with Gasteiger partial charge in [-0.3, -0.25) is 14.5 Å². The van der Waals surface area contributed by atoms with Crippen molar-refractivity contribution in [3.8, 4) is 0 Å². The van der Waals surface area contributed by atoms with E-state index >= 15 is 0 Å². The Morgan fingerprint density at radius 2 is 1.78 bits per heavy atom. The minimum absolute atomic E-state index is 0.159. The Kier molecular flexibility index (Phi) is 6.19. The lowest BCUT2D eigenvalue weighted by Gasteiger charge is -2.18. The number of nitrogens with one attached hydrogen (secondary N) is 2. The van der Waals surface area contributed by atoms with Crippen LogP contribution in [-0.2, 0) is 16.2 Å². The Hall–Kier alpha value is -3.14. The van der Waals surface area contributed by atoms with Gasteiger partial charge >= 0.3 is 6.18 Å². The third-order valence-corrected chi connectivity index (χ3v) is 5.69. The molecule has 0 bridgehead atoms. The van der Waals surface area contributed by atoms with Crippen LogP contribution in [0.3, 0.4) is 0 Å². The maximum atomic E-state index is 12.9. The van der Waals surface area contributed by atoms with Crippen LogP contribution in [0.15, 0.2) is 42.6 Å². The normalized spacial score (nSPS) is 13.1. The number of aromatic nitrogens is 1. The number of fused-ring (bicyclic) bond motifs is 1. The zero-order valence-electron chi connectivity index (χ0n) is 17.8. The fraction of sp³-hybridized carbons (Fsp3) is 0.273. The summed E-state index contributed by atoms with van der Waals surface area (Å²) in [5.74, 6) is -0.416. The fourth-order valence-electron chi connectivity index (χ4n) is 3.36. The zero-order valence-corrected chi connectivity index (χ0v) is 18.6. The summed E-state index contributed by atoms with van der Waals surface area (Å²) in [5, 5.41) is 3.31. The largest absolute Gasteiger partial charge is 0.416 e. The molecule has 2 aromatic carbocycles. The summed E-state index contributed by atoms with van der Waals surface area (Å²) in [6, 6.07) is 7.93. The first-order valence-electron chi connectivity index (χ1n) is 9.62. The fourth-order valence-corrected chi connectivity index (χ4v) is 3.99. The van der Waals surface area contributed by atoms with E-state index in [1.54, 1.807) is 39.0 Å². The second-order valence-electron chi connectivity index (χ2n) is 7.67. The Balaban J connectivity index is 1.83. The zero-order chi connectivity index (χ0) is 23.8. The van der Waals surface area contributed by atoms with Crippen LogP contribution < -0.4 is 10.0 Å². The van der Waals surface area contributed by atoms with Gasteiger partial charge in [-0.15, -0.1) is 0 Å². The summed E-state index contributed by atoms with van der Waals surface area (Å²) in [6.45, 7) is 5.18. The minimum Gasteiger partial charge on any atom is -0.345 e. The molecule has 0 unspecified atom stereocenters. The number of hydrogen-bond acceptors (Lipinski definition) is 4. The van der Waals surface area contributed by atoms with Crippen LogP contribution >= 0.6 is 0 Å². The van der Waals surface area contributed by atoms with Crippen molar-refractivity contribution >= 4 is 32.5 Å². The molecule has 3 rings (SSSR count). The van der Waals surface area contributed by atoms with Crippen molar-refractivity contribution in [2.75, 3.05) is 11.0 Å². The van der Waals surface area contributed by atoms with E-state index in [0.717, 1.165) is 24.0 Å². The third kappa shape index (κ3) is 5.18. The van der Waals surface area contributed by atoms with Crippen molar-refractivity contribution in [2.45, 2.75) is 33.0 Å². The second kappa shape index (κ2) is 8.42. The summed E-state index contributed by atoms with van der Waals surface area (Å²) in [6.07, 6.45) is -2.14. The first kappa shape index (κ1) is 23.5. The summed E-state index contributed by atoms with van der Waals surface area (Å²) >= 11 is 0. The highest BCUT2D eigenvalue weighted by molar-refractivity contribution is 7.92. The number of benzene rings is 2. The van der Waals surface area contributed by atoms with E-state index in [2.05, 4.69) is 15.0 Å². The number of amides is 1. The van der Waals surface area contributed by atoms with Crippen LogP contribution in [0.2, 0.25) is 0 Å². The van der Waals surface area contributed by atoms with E-state index in [4.69, 9.17) is 0 Å². The molecule has 1 aromatic heterocycles. The summed E-state index contributed by atoms with van der Waals surface area (Å²) in [4.78, 5) is 16.9. The number of carbonyl (C=O) groups excluding carboxylic acids is 1. The van der Waals surface area contributed by atoms with Crippen molar-refractivity contribution in [2.24, 2.45) is 0 Å². The maximum absolute atomic E-state index is 12.9. The molecular weight excluding hydrogens is 443 g/mol. The highest BCUT2D eigenvalue weighted by atomic mass is 32.2. The molecule has 0 aliphatic carbocycles. The van der Waals surface area contributed by atoms with Crippen LogP contribution in [0.4, 0.5) is 18.9 Å². The summed E-state index contributed by atoms with van der Waals surface area (Å²) < 4.78 is 64.1. The standard InChI is InChI=1S/C22H22F3N3O3S/c1-12-9-15(5-8-19(12)28-32(4,30)31)14(3)27-21(29)18-11-26-20-10-16(22(23,24)25)6-7-17(20)13(18)2/h5-11,14,28H,1-4H3,(H,27,29)/t14-/m0/s1. The monoisotopic (exact) mass is 465 g/mol. The quantitative estimate of drug-likeness (QED) is 0.570. The van der Waals surface area contributed by atoms with E-state index in [-0.39, 0.29) is 11.1 Å². The molecule has 1 atom stereocenters. The number of pyridine rings is 1. The minimum atomic E-state index is -4.47. The van der Waals surface area contributed by atoms with Crippen LogP contribution in [0, 0.1) is 13.8 Å². The molecule has 10 heteroatoms. The topological polar surface area (TPSA) is 88.2 Å². The van der Waals surface area contributed by atoms with Crippen molar-refractivity contribution in [1.82, 2.24) is 10.3 Å². The predicted octanol–water partition coefficient (Wildman–Crippen LogP) is 4.73. The molecule has 0 aliphatic rings. The number of halogens is 3. The molecule has 0 fully saturated rings. The average Bonchev–Trinajstić information content (AvgIpc) is 2.67. The average molecular weight is 465 g/mol. The Bertz CT molecular complexity index is 1300. The van der Waals surface area contributed by atoms with Gasteiger partial charge in [-0.25, -0.2) is 8.42 Å². The molecule has 1 amide bonds. The predicted molar refractivity (Wildman–Crippen MR) is 117 cm³/mol. The Labute approximate surface area is 183 Å². The number of aryl methyl sites for hydroxylation is 2. The van der Waals surface area contributed by atoms with Gasteiger partial charge in [-0.1, -0.05) is 18.2 Å². The number of anilines is 1. The van der Waals surface area contributed by atoms with Gasteiger partial charge in [0.15, 0.2) is 0 Å². The van der Waals surface area contributed by atoms with Gasteiger partial charge in [0.05, 0.1) is 34.6 Å². The number of nitrogens with zero attached hydrogens (tertiary/aromatic N) is 1. The van der Waals surface area contributed by atoms with Crippen LogP contribution in [-0.4, -0.2) is 25.6 Å². The first-order chi connectivity index (χ1) is 14.8. The van der Waals surface area contributed by atoms with Gasteiger partial charge in [0.25, 0.3) is 5.91 Å². The van der Waals surface area contributed by atoms with E-state index in [1.807, 2.05) is 0 Å². The van der Waals surface area contributed by atoms with Crippen LogP contribution in [0.1, 0.15) is 45.6 Å². The molecular formula is C22H22F3N3O3S. The van der Waals surface area contributed by atoms with Crippen LogP contribution in [0.5, 0.6) is 0 Å². The van der Waals surface area contributed by atoms with Gasteiger partial charge in [0.2, 0.25) is 10.0 Å². The molecule has 0 spiro atoms. The molecule has 0 radical (unpaired) electrons. The van der Waals surface area contributed by atoms with Crippen molar-refractivity contribution in [3.05, 3.63) is 70.4 Å². The smallest absolute Gasteiger partial charge is 0.345 e. The highest BCUT2D eigenvalue weighted by Crippen LogP contribution is 2.32. The Morgan fingerprint density at radius 3 is 2.38 bits per heavy atom. The second-order valence-corrected chi connectivity index (χ2v) is 9.42. The molecule has 1 heterocycles. The molecule has 3 aromatic rings. The van der Waals surface area contributed by atoms with E-state index in [1.165, 1.54) is 12.3 Å². The lowest BCUT2D eigenvalue weighted by Crippen LogP contribution is -2.27. The SMILES string of the molecule is Cc1cc([C@H](C)NC(=O)c2cnc3cc(C(F)(F)F)ccc3c2C)ccc1NS(C)(=O)=O. The molecule has 6 nitrogen and oxygen atoms in total. The number of alkyl halides is 3. The molecule has 0 saturated carbocycles. The van der Waals surface area contributed by atoms with Crippen molar-refractivity contribution < 1.29 is 26.4 Å². The maximum Gasteiger partial charge on any atom is 0.416 e. The van der Waals surface area contributed by atoms with Gasteiger partial charge < -0.3 is 5.32 Å². The number of carbonyl (C=O) groups is 1. The van der Waals surface area contributed by atoms with E-state index in [0.29, 0.717) is 22.2 Å². The Morgan fingerprint density at radius 1 is 1.09 bits per heavy atom. The molecule has 0 saturated heterocycles. The molecule has 32 heavy (non-hydrogen) atoms. The third-order valence-electron chi connectivity index (χ3n) is 5.10. The molecule has 2 N–H and O–H groups in total. The van der Waals surface area contributed by atoms with Crippen LogP contribution in [0.25, 0.3) is 10.9 Å². The van der Waals surface area contributed by atoms with Gasteiger partial charge in [-0.2, -0.15) is 13.2 Å². The van der Waals surface area contributed by atoms with Gasteiger partial charge in [0, 0.05) is 11.6 Å². The summed E-state index contributed by atoms with van der Waals surface area (Å²) in [5.41, 5.74) is 2.05. The van der Waals surface area contributed by atoms with E-state index in [9.17, 15) is 26.4 Å². The summed E-state index contributed by atoms with van der Waals surface area (Å²) in [7, 11) is -3.41.